The lowest BCUT2D eigenvalue weighted by Gasteiger charge is -2.44. The van der Waals surface area contributed by atoms with E-state index < -0.39 is 0 Å². The number of pyridine rings is 1. The summed E-state index contributed by atoms with van der Waals surface area (Å²) in [5, 5.41) is 6.74. The summed E-state index contributed by atoms with van der Waals surface area (Å²) >= 11 is 0. The van der Waals surface area contributed by atoms with E-state index in [1.54, 1.807) is 4.90 Å². The Morgan fingerprint density at radius 3 is 2.42 bits per heavy atom. The quantitative estimate of drug-likeness (QED) is 0.456. The molecule has 242 valence electrons. The third-order valence-electron chi connectivity index (χ3n) is 10.7. The zero-order chi connectivity index (χ0) is 30.9. The standard InChI is InChI=1S/C35H49N7O3/c1-24-35(44)39(2)31-12-13-32(38-33(31)42(24)30-14-20-45-21-15-30)36-28-5-3-4-26(22-28)34(43)37-27-8-10-29(11-9-27)41-18-16-40(17-19-41)23-25-6-7-25/h3-5,12-13,22,24-25,27,29-30H,6-11,14-21,23H2,1-2H3,(H,36,38)(H,37,43)/t24-,27-,29-/m1/s1. The normalized spacial score (nSPS) is 26.9. The summed E-state index contributed by atoms with van der Waals surface area (Å²) in [6.07, 6.45) is 8.99. The van der Waals surface area contributed by atoms with Crippen molar-refractivity contribution in [3.8, 4) is 0 Å². The Kier molecular flexibility index (Phi) is 8.97. The Bertz CT molecular complexity index is 1360. The smallest absolute Gasteiger partial charge is 0.251 e. The fraction of sp³-hybridized carbons (Fsp3) is 0.629. The molecule has 0 spiro atoms. The van der Waals surface area contributed by atoms with Gasteiger partial charge in [0.25, 0.3) is 5.91 Å². The summed E-state index contributed by atoms with van der Waals surface area (Å²) < 4.78 is 5.60. The van der Waals surface area contributed by atoms with Gasteiger partial charge in [0.1, 0.15) is 11.9 Å². The molecule has 10 heteroatoms. The number of aromatic nitrogens is 1. The lowest BCUT2D eigenvalue weighted by Crippen LogP contribution is -2.56. The number of nitrogens with zero attached hydrogens (tertiary/aromatic N) is 5. The van der Waals surface area contributed by atoms with Crippen LogP contribution in [0.25, 0.3) is 0 Å². The number of rotatable bonds is 8. The summed E-state index contributed by atoms with van der Waals surface area (Å²) in [5.74, 6) is 2.52. The third-order valence-corrected chi connectivity index (χ3v) is 10.7. The molecule has 0 unspecified atom stereocenters. The molecule has 4 heterocycles. The maximum atomic E-state index is 13.3. The predicted molar refractivity (Wildman–Crippen MR) is 177 cm³/mol. The van der Waals surface area contributed by atoms with Gasteiger partial charge in [-0.1, -0.05) is 6.07 Å². The molecule has 2 amide bonds. The number of hydrogen-bond acceptors (Lipinski definition) is 8. The molecule has 0 bridgehead atoms. The minimum atomic E-state index is -0.294. The van der Waals surface area contributed by atoms with Gasteiger partial charge in [0.05, 0.1) is 5.69 Å². The maximum Gasteiger partial charge on any atom is 0.251 e. The second-order valence-corrected chi connectivity index (χ2v) is 13.8. The average molecular weight is 616 g/mol. The van der Waals surface area contributed by atoms with E-state index in [1.807, 2.05) is 50.4 Å². The van der Waals surface area contributed by atoms with E-state index in [0.29, 0.717) is 30.6 Å². The summed E-state index contributed by atoms with van der Waals surface area (Å²) in [7, 11) is 1.82. The van der Waals surface area contributed by atoms with Crippen molar-refractivity contribution in [3.05, 3.63) is 42.0 Å². The number of nitrogens with one attached hydrogen (secondary N) is 2. The van der Waals surface area contributed by atoms with Crippen molar-refractivity contribution in [2.45, 2.75) is 82.5 Å². The number of carbonyl (C=O) groups excluding carboxylic acids is 2. The van der Waals surface area contributed by atoms with Crippen LogP contribution >= 0.6 is 0 Å². The first-order chi connectivity index (χ1) is 21.9. The number of fused-ring (bicyclic) bond motifs is 1. The Hall–Kier alpha value is -3.21. The fourth-order valence-electron chi connectivity index (χ4n) is 7.83. The Morgan fingerprint density at radius 2 is 1.69 bits per heavy atom. The van der Waals surface area contributed by atoms with Crippen LogP contribution in [0.4, 0.5) is 23.0 Å². The lowest BCUT2D eigenvalue weighted by molar-refractivity contribution is -0.119. The molecule has 10 nitrogen and oxygen atoms in total. The first-order valence-corrected chi connectivity index (χ1v) is 17.2. The van der Waals surface area contributed by atoms with E-state index >= 15 is 0 Å². The minimum Gasteiger partial charge on any atom is -0.381 e. The first-order valence-electron chi connectivity index (χ1n) is 17.2. The maximum absolute atomic E-state index is 13.3. The van der Waals surface area contributed by atoms with Crippen molar-refractivity contribution < 1.29 is 14.3 Å². The largest absolute Gasteiger partial charge is 0.381 e. The number of piperazine rings is 1. The molecule has 2 saturated carbocycles. The number of benzene rings is 1. The summed E-state index contributed by atoms with van der Waals surface area (Å²) in [6.45, 7) is 9.46. The number of carbonyl (C=O) groups is 2. The molecule has 2 saturated heterocycles. The molecule has 5 aliphatic rings. The number of hydrogen-bond donors (Lipinski definition) is 2. The molecule has 1 aromatic carbocycles. The summed E-state index contributed by atoms with van der Waals surface area (Å²) in [4.78, 5) is 40.6. The van der Waals surface area contributed by atoms with Crippen LogP contribution in [-0.4, -0.2) is 104 Å². The summed E-state index contributed by atoms with van der Waals surface area (Å²) in [6, 6.07) is 12.3. The van der Waals surface area contributed by atoms with Gasteiger partial charge in [-0.3, -0.25) is 14.5 Å². The second-order valence-electron chi connectivity index (χ2n) is 13.8. The van der Waals surface area contributed by atoms with Gasteiger partial charge in [0.2, 0.25) is 5.91 Å². The Balaban J connectivity index is 0.955. The summed E-state index contributed by atoms with van der Waals surface area (Å²) in [5.41, 5.74) is 2.27. The van der Waals surface area contributed by atoms with Crippen LogP contribution in [-0.2, 0) is 9.53 Å². The van der Waals surface area contributed by atoms with Crippen LogP contribution in [0.3, 0.4) is 0 Å². The van der Waals surface area contributed by atoms with E-state index in [9.17, 15) is 9.59 Å². The third kappa shape index (κ3) is 6.83. The highest BCUT2D eigenvalue weighted by atomic mass is 16.5. The van der Waals surface area contributed by atoms with Crippen LogP contribution in [0.5, 0.6) is 0 Å². The van der Waals surface area contributed by atoms with Crippen molar-refractivity contribution in [2.24, 2.45) is 5.92 Å². The molecule has 1 aromatic heterocycles. The molecule has 45 heavy (non-hydrogen) atoms. The van der Waals surface area contributed by atoms with Crippen LogP contribution in [0.1, 0.15) is 68.6 Å². The number of anilines is 4. The van der Waals surface area contributed by atoms with Crippen molar-refractivity contribution in [3.63, 3.8) is 0 Å². The van der Waals surface area contributed by atoms with Gasteiger partial charge in [0.15, 0.2) is 5.82 Å². The number of likely N-dealkylation sites (N-methyl/N-ethyl adjacent to an activating group) is 1. The Labute approximate surface area is 267 Å². The molecule has 0 radical (unpaired) electrons. The van der Waals surface area contributed by atoms with Gasteiger partial charge < -0.3 is 30.1 Å². The molecule has 2 N–H and O–H groups in total. The van der Waals surface area contributed by atoms with Crippen LogP contribution < -0.4 is 20.4 Å². The van der Waals surface area contributed by atoms with Crippen molar-refractivity contribution >= 4 is 34.8 Å². The highest BCUT2D eigenvalue weighted by Crippen LogP contribution is 2.38. The minimum absolute atomic E-state index is 0.0196. The highest BCUT2D eigenvalue weighted by Gasteiger charge is 2.39. The van der Waals surface area contributed by atoms with Crippen LogP contribution in [0.15, 0.2) is 36.4 Å². The fourth-order valence-corrected chi connectivity index (χ4v) is 7.83. The molecule has 2 aromatic rings. The van der Waals surface area contributed by atoms with Gasteiger partial charge in [-0.05, 0) is 94.5 Å². The molecule has 3 aliphatic heterocycles. The monoisotopic (exact) mass is 615 g/mol. The molecule has 7 rings (SSSR count). The van der Waals surface area contributed by atoms with Crippen molar-refractivity contribution in [1.29, 1.82) is 0 Å². The molecule has 1 atom stereocenters. The van der Waals surface area contributed by atoms with E-state index in [1.165, 1.54) is 45.6 Å². The number of ether oxygens (including phenoxy) is 1. The van der Waals surface area contributed by atoms with Crippen LogP contribution in [0.2, 0.25) is 0 Å². The van der Waals surface area contributed by atoms with Gasteiger partial charge in [0, 0.05) is 82.4 Å². The van der Waals surface area contributed by atoms with Crippen molar-refractivity contribution in [1.82, 2.24) is 20.1 Å². The topological polar surface area (TPSA) is 93.3 Å². The highest BCUT2D eigenvalue weighted by molar-refractivity contribution is 6.04. The van der Waals surface area contributed by atoms with E-state index in [2.05, 4.69) is 25.3 Å². The van der Waals surface area contributed by atoms with Gasteiger partial charge in [-0.15, -0.1) is 0 Å². The zero-order valence-electron chi connectivity index (χ0n) is 26.9. The van der Waals surface area contributed by atoms with Crippen molar-refractivity contribution in [2.75, 3.05) is 68.1 Å². The van der Waals surface area contributed by atoms with Gasteiger partial charge in [-0.25, -0.2) is 4.98 Å². The van der Waals surface area contributed by atoms with E-state index in [0.717, 1.165) is 61.6 Å². The molecular weight excluding hydrogens is 566 g/mol. The molecule has 2 aliphatic carbocycles. The predicted octanol–water partition coefficient (Wildman–Crippen LogP) is 4.24. The average Bonchev–Trinajstić information content (AvgIpc) is 3.89. The van der Waals surface area contributed by atoms with Gasteiger partial charge in [-0.2, -0.15) is 0 Å². The number of amides is 2. The van der Waals surface area contributed by atoms with Gasteiger partial charge >= 0.3 is 0 Å². The molecular formula is C35H49N7O3. The van der Waals surface area contributed by atoms with Crippen LogP contribution in [0, 0.1) is 5.92 Å². The van der Waals surface area contributed by atoms with E-state index in [4.69, 9.17) is 9.72 Å². The van der Waals surface area contributed by atoms with E-state index in [-0.39, 0.29) is 29.9 Å². The SMILES string of the molecule is C[C@@H]1C(=O)N(C)c2ccc(Nc3cccc(C(=O)N[C@H]4CC[C@H](N5CCN(CC6CC6)CC5)CC4)c3)nc2N1C1CCOCC1. The first kappa shape index (κ1) is 30.4. The Morgan fingerprint density at radius 1 is 0.933 bits per heavy atom. The lowest BCUT2D eigenvalue weighted by atomic mass is 9.89. The molecule has 4 fully saturated rings. The zero-order valence-corrected chi connectivity index (χ0v) is 26.9. The second kappa shape index (κ2) is 13.3.